The minimum atomic E-state index is -0.242. The highest BCUT2D eigenvalue weighted by Gasteiger charge is 2.17. The summed E-state index contributed by atoms with van der Waals surface area (Å²) < 4.78 is 0. The van der Waals surface area contributed by atoms with Crippen LogP contribution in [-0.2, 0) is 6.42 Å². The number of aromatic amines is 1. The second kappa shape index (κ2) is 7.96. The van der Waals surface area contributed by atoms with Gasteiger partial charge in [-0.1, -0.05) is 60.2 Å². The van der Waals surface area contributed by atoms with E-state index in [4.69, 9.17) is 0 Å². The van der Waals surface area contributed by atoms with Crippen molar-refractivity contribution in [3.05, 3.63) is 95.8 Å². The van der Waals surface area contributed by atoms with Gasteiger partial charge in [0.15, 0.2) is 0 Å². The van der Waals surface area contributed by atoms with Crippen molar-refractivity contribution < 1.29 is 4.79 Å². The summed E-state index contributed by atoms with van der Waals surface area (Å²) >= 11 is 0. The van der Waals surface area contributed by atoms with Crippen LogP contribution in [0.15, 0.2) is 78.9 Å². The number of para-hydroxylation sites is 2. The zero-order valence-corrected chi connectivity index (χ0v) is 15.6. The van der Waals surface area contributed by atoms with Gasteiger partial charge in [-0.15, -0.1) is 0 Å². The maximum atomic E-state index is 12.6. The van der Waals surface area contributed by atoms with E-state index >= 15 is 0 Å². The fraction of sp³-hybridized carbons (Fsp3) is 0.130. The molecule has 1 atom stereocenters. The number of anilines is 1. The molecule has 2 amide bonds. The first-order valence-electron chi connectivity index (χ1n) is 9.30. The highest BCUT2D eigenvalue weighted by atomic mass is 16.2. The fourth-order valence-electron chi connectivity index (χ4n) is 3.20. The Hall–Kier alpha value is -3.60. The van der Waals surface area contributed by atoms with E-state index in [2.05, 4.69) is 20.6 Å². The van der Waals surface area contributed by atoms with Crippen molar-refractivity contribution in [3.8, 4) is 0 Å². The lowest BCUT2D eigenvalue weighted by Gasteiger charge is -2.19. The molecule has 0 bridgehead atoms. The molecular weight excluding hydrogens is 348 g/mol. The first kappa shape index (κ1) is 17.8. The third-order valence-corrected chi connectivity index (χ3v) is 4.65. The van der Waals surface area contributed by atoms with E-state index in [9.17, 15) is 4.79 Å². The minimum absolute atomic E-state index is 0.202. The van der Waals surface area contributed by atoms with Gasteiger partial charge in [0, 0.05) is 12.1 Å². The molecule has 0 radical (unpaired) electrons. The van der Waals surface area contributed by atoms with Crippen molar-refractivity contribution >= 4 is 22.8 Å². The predicted octanol–water partition coefficient (Wildman–Crippen LogP) is 4.98. The van der Waals surface area contributed by atoms with E-state index in [0.29, 0.717) is 6.42 Å². The average Bonchev–Trinajstić information content (AvgIpc) is 3.12. The predicted molar refractivity (Wildman–Crippen MR) is 112 cm³/mol. The number of nitrogens with zero attached hydrogens (tertiary/aromatic N) is 1. The molecular formula is C23H22N4O. The van der Waals surface area contributed by atoms with Gasteiger partial charge in [-0.05, 0) is 36.8 Å². The molecule has 4 rings (SSSR count). The summed E-state index contributed by atoms with van der Waals surface area (Å²) in [6, 6.07) is 25.1. The summed E-state index contributed by atoms with van der Waals surface area (Å²) in [6.07, 6.45) is 0.569. The van der Waals surface area contributed by atoms with E-state index in [-0.39, 0.29) is 12.1 Å². The Labute approximate surface area is 163 Å². The number of hydrogen-bond donors (Lipinski definition) is 3. The van der Waals surface area contributed by atoms with Crippen LogP contribution in [0, 0.1) is 6.92 Å². The van der Waals surface area contributed by atoms with E-state index in [1.807, 2.05) is 85.8 Å². The molecule has 5 nitrogen and oxygen atoms in total. The van der Waals surface area contributed by atoms with Crippen molar-refractivity contribution in [1.29, 1.82) is 0 Å². The Morgan fingerprint density at radius 2 is 1.68 bits per heavy atom. The Morgan fingerprint density at radius 1 is 0.964 bits per heavy atom. The molecule has 0 aliphatic carbocycles. The zero-order valence-electron chi connectivity index (χ0n) is 15.6. The van der Waals surface area contributed by atoms with Crippen LogP contribution in [0.2, 0.25) is 0 Å². The lowest BCUT2D eigenvalue weighted by molar-refractivity contribution is 0.248. The lowest BCUT2D eigenvalue weighted by atomic mass is 10.0. The van der Waals surface area contributed by atoms with Gasteiger partial charge in [0.25, 0.3) is 0 Å². The zero-order chi connectivity index (χ0) is 19.3. The number of rotatable bonds is 5. The number of carbonyl (C=O) groups is 1. The molecule has 3 N–H and O–H groups in total. The molecule has 0 saturated carbocycles. The minimum Gasteiger partial charge on any atom is -0.342 e. The molecule has 0 aliphatic heterocycles. The van der Waals surface area contributed by atoms with Crippen molar-refractivity contribution in [1.82, 2.24) is 15.3 Å². The van der Waals surface area contributed by atoms with Gasteiger partial charge in [0.05, 0.1) is 17.1 Å². The molecule has 1 unspecified atom stereocenters. The molecule has 0 fully saturated rings. The lowest BCUT2D eigenvalue weighted by Crippen LogP contribution is -2.33. The molecule has 5 heteroatoms. The number of urea groups is 1. The molecule has 3 aromatic carbocycles. The normalized spacial score (nSPS) is 11.9. The monoisotopic (exact) mass is 370 g/mol. The average molecular weight is 370 g/mol. The number of hydrogen-bond acceptors (Lipinski definition) is 2. The number of fused-ring (bicyclic) bond motifs is 1. The molecule has 140 valence electrons. The Balaban J connectivity index is 1.53. The molecule has 1 heterocycles. The second-order valence-electron chi connectivity index (χ2n) is 6.83. The van der Waals surface area contributed by atoms with Gasteiger partial charge in [-0.3, -0.25) is 0 Å². The number of amides is 2. The standard InChI is InChI=1S/C23H22N4O/c1-16-11-13-18(14-12-16)24-23(28)27-21(17-7-3-2-4-8-17)15-22-25-19-9-5-6-10-20(19)26-22/h2-14,21H,15H2,1H3,(H,25,26)(H2,24,27,28). The van der Waals surface area contributed by atoms with Crippen LogP contribution in [0.25, 0.3) is 11.0 Å². The number of aryl methyl sites for hydroxylation is 1. The topological polar surface area (TPSA) is 69.8 Å². The van der Waals surface area contributed by atoms with Gasteiger partial charge in [-0.2, -0.15) is 0 Å². The van der Waals surface area contributed by atoms with Gasteiger partial charge in [0.1, 0.15) is 5.82 Å². The molecule has 4 aromatic rings. The largest absolute Gasteiger partial charge is 0.342 e. The van der Waals surface area contributed by atoms with Crippen LogP contribution in [-0.4, -0.2) is 16.0 Å². The third-order valence-electron chi connectivity index (χ3n) is 4.65. The highest BCUT2D eigenvalue weighted by molar-refractivity contribution is 5.89. The van der Waals surface area contributed by atoms with Crippen LogP contribution in [0.1, 0.15) is 23.0 Å². The summed E-state index contributed by atoms with van der Waals surface area (Å²) in [7, 11) is 0. The Bertz CT molecular complexity index is 1040. The van der Waals surface area contributed by atoms with Gasteiger partial charge in [0.2, 0.25) is 0 Å². The summed E-state index contributed by atoms with van der Waals surface area (Å²) in [6.45, 7) is 2.02. The van der Waals surface area contributed by atoms with Crippen LogP contribution in [0.4, 0.5) is 10.5 Å². The molecule has 0 aliphatic rings. The van der Waals surface area contributed by atoms with Crippen LogP contribution in [0.3, 0.4) is 0 Å². The van der Waals surface area contributed by atoms with Crippen LogP contribution in [0.5, 0.6) is 0 Å². The number of imidazole rings is 1. The highest BCUT2D eigenvalue weighted by Crippen LogP contribution is 2.20. The first-order chi connectivity index (χ1) is 13.7. The number of H-pyrrole nitrogens is 1. The van der Waals surface area contributed by atoms with Crippen molar-refractivity contribution in [2.45, 2.75) is 19.4 Å². The number of carbonyl (C=O) groups excluding carboxylic acids is 1. The number of nitrogens with one attached hydrogen (secondary N) is 3. The molecule has 0 spiro atoms. The molecule has 28 heavy (non-hydrogen) atoms. The van der Waals surface area contributed by atoms with E-state index in [0.717, 1.165) is 33.7 Å². The summed E-state index contributed by atoms with van der Waals surface area (Å²) in [5, 5.41) is 5.98. The molecule has 1 aromatic heterocycles. The molecule has 0 saturated heterocycles. The smallest absolute Gasteiger partial charge is 0.319 e. The van der Waals surface area contributed by atoms with Crippen LogP contribution >= 0.6 is 0 Å². The van der Waals surface area contributed by atoms with Crippen LogP contribution < -0.4 is 10.6 Å². The maximum absolute atomic E-state index is 12.6. The van der Waals surface area contributed by atoms with Gasteiger partial charge < -0.3 is 15.6 Å². The maximum Gasteiger partial charge on any atom is 0.319 e. The summed E-state index contributed by atoms with van der Waals surface area (Å²) in [4.78, 5) is 20.6. The summed E-state index contributed by atoms with van der Waals surface area (Å²) in [5.41, 5.74) is 4.86. The van der Waals surface area contributed by atoms with Crippen molar-refractivity contribution in [2.24, 2.45) is 0 Å². The Kier molecular flexibility index (Phi) is 5.06. The number of aromatic nitrogens is 2. The fourth-order valence-corrected chi connectivity index (χ4v) is 3.20. The van der Waals surface area contributed by atoms with E-state index in [1.165, 1.54) is 0 Å². The third kappa shape index (κ3) is 4.20. The summed E-state index contributed by atoms with van der Waals surface area (Å²) in [5.74, 6) is 0.839. The Morgan fingerprint density at radius 3 is 2.43 bits per heavy atom. The number of benzene rings is 3. The quantitative estimate of drug-likeness (QED) is 0.464. The van der Waals surface area contributed by atoms with E-state index in [1.54, 1.807) is 0 Å². The van der Waals surface area contributed by atoms with Crippen molar-refractivity contribution in [2.75, 3.05) is 5.32 Å². The van der Waals surface area contributed by atoms with Gasteiger partial charge >= 0.3 is 6.03 Å². The SMILES string of the molecule is Cc1ccc(NC(=O)NC(Cc2nc3ccccc3[nH]2)c2ccccc2)cc1. The van der Waals surface area contributed by atoms with E-state index < -0.39 is 0 Å². The van der Waals surface area contributed by atoms with Gasteiger partial charge in [-0.25, -0.2) is 9.78 Å². The van der Waals surface area contributed by atoms with Crippen molar-refractivity contribution in [3.63, 3.8) is 0 Å². The second-order valence-corrected chi connectivity index (χ2v) is 6.83. The first-order valence-corrected chi connectivity index (χ1v) is 9.30.